The van der Waals surface area contributed by atoms with Gasteiger partial charge in [0, 0.05) is 24.1 Å². The molecule has 0 fully saturated rings. The summed E-state index contributed by atoms with van der Waals surface area (Å²) in [6.45, 7) is 4.01. The normalized spacial score (nSPS) is 13.0. The van der Waals surface area contributed by atoms with Gasteiger partial charge in [0.1, 0.15) is 6.61 Å². The monoisotopic (exact) mass is 472 g/mol. The van der Waals surface area contributed by atoms with E-state index in [2.05, 4.69) is 34.9 Å². The first-order valence-corrected chi connectivity index (χ1v) is 11.6. The highest BCUT2D eigenvalue weighted by Gasteiger charge is 2.29. The van der Waals surface area contributed by atoms with E-state index in [1.54, 1.807) is 12.1 Å². The van der Waals surface area contributed by atoms with E-state index in [-0.39, 0.29) is 36.3 Å². The fourth-order valence-corrected chi connectivity index (χ4v) is 4.39. The topological polar surface area (TPSA) is 105 Å². The molecule has 1 aliphatic rings. The second kappa shape index (κ2) is 10.4. The van der Waals surface area contributed by atoms with Gasteiger partial charge in [0.05, 0.1) is 5.56 Å². The Kier molecular flexibility index (Phi) is 7.15. The number of carbonyl (C=O) groups is 3. The molecule has 0 aromatic heterocycles. The first kappa shape index (κ1) is 24.0. The van der Waals surface area contributed by atoms with Crippen molar-refractivity contribution in [1.82, 2.24) is 5.32 Å². The van der Waals surface area contributed by atoms with Crippen LogP contribution in [0.5, 0.6) is 0 Å². The Bertz CT molecular complexity index is 1210. The Morgan fingerprint density at radius 1 is 0.914 bits per heavy atom. The molecule has 0 aliphatic heterocycles. The lowest BCUT2D eigenvalue weighted by molar-refractivity contribution is -0.116. The van der Waals surface area contributed by atoms with Crippen LogP contribution in [0.1, 0.15) is 47.7 Å². The number of hydrogen-bond acceptors (Lipinski definition) is 4. The molecule has 3 N–H and O–H groups in total. The predicted molar refractivity (Wildman–Crippen MR) is 133 cm³/mol. The van der Waals surface area contributed by atoms with Gasteiger partial charge in [-0.2, -0.15) is 0 Å². The molecule has 180 valence electrons. The Morgan fingerprint density at radius 2 is 1.54 bits per heavy atom. The van der Waals surface area contributed by atoms with E-state index in [0.29, 0.717) is 5.69 Å². The third-order valence-corrected chi connectivity index (χ3v) is 6.25. The average molecular weight is 473 g/mol. The summed E-state index contributed by atoms with van der Waals surface area (Å²) in [5, 5.41) is 14.6. The highest BCUT2D eigenvalue weighted by atomic mass is 16.5. The molecule has 1 atom stereocenters. The summed E-state index contributed by atoms with van der Waals surface area (Å²) in [6, 6.07) is 21.8. The fourth-order valence-electron chi connectivity index (χ4n) is 4.39. The van der Waals surface area contributed by atoms with Gasteiger partial charge in [-0.1, -0.05) is 68.4 Å². The van der Waals surface area contributed by atoms with Crippen LogP contribution in [0, 0.1) is 5.92 Å². The van der Waals surface area contributed by atoms with E-state index in [0.717, 1.165) is 22.3 Å². The molecule has 3 aromatic rings. The quantitative estimate of drug-likeness (QED) is 0.414. The summed E-state index contributed by atoms with van der Waals surface area (Å²) in [5.74, 6) is -1.47. The number of nitrogens with one attached hydrogen (secondary N) is 2. The van der Waals surface area contributed by atoms with Crippen molar-refractivity contribution in [2.75, 3.05) is 11.9 Å². The highest BCUT2D eigenvalue weighted by molar-refractivity contribution is 5.94. The molecular formula is C28H28N2O5. The van der Waals surface area contributed by atoms with Crippen molar-refractivity contribution < 1.29 is 24.2 Å². The van der Waals surface area contributed by atoms with Crippen LogP contribution >= 0.6 is 0 Å². The lowest BCUT2D eigenvalue weighted by atomic mass is 9.98. The second-order valence-corrected chi connectivity index (χ2v) is 8.96. The minimum absolute atomic E-state index is 0.0217. The number of benzene rings is 3. The number of carbonyl (C=O) groups excluding carboxylic acids is 2. The summed E-state index contributed by atoms with van der Waals surface area (Å²) in [7, 11) is 0. The first-order chi connectivity index (χ1) is 16.8. The summed E-state index contributed by atoms with van der Waals surface area (Å²) in [5.41, 5.74) is 5.04. The summed E-state index contributed by atoms with van der Waals surface area (Å²) >= 11 is 0. The maximum atomic E-state index is 12.7. The van der Waals surface area contributed by atoms with Crippen molar-refractivity contribution >= 4 is 23.7 Å². The van der Waals surface area contributed by atoms with Crippen LogP contribution in [0.4, 0.5) is 10.5 Å². The average Bonchev–Trinajstić information content (AvgIpc) is 3.16. The van der Waals surface area contributed by atoms with Crippen LogP contribution in [0.3, 0.4) is 0 Å². The SMILES string of the molecule is CC(C)[C@H](CC(=O)Nc1cccc(C(=O)O)c1)NC(=O)OCC1c2ccccc2-c2ccccc21. The van der Waals surface area contributed by atoms with Crippen molar-refractivity contribution in [3.05, 3.63) is 89.5 Å². The van der Waals surface area contributed by atoms with E-state index >= 15 is 0 Å². The summed E-state index contributed by atoms with van der Waals surface area (Å²) in [4.78, 5) is 36.4. The van der Waals surface area contributed by atoms with Crippen molar-refractivity contribution in [1.29, 1.82) is 0 Å². The zero-order valence-corrected chi connectivity index (χ0v) is 19.7. The molecule has 0 unspecified atom stereocenters. The van der Waals surface area contributed by atoms with Gasteiger partial charge < -0.3 is 20.5 Å². The second-order valence-electron chi connectivity index (χ2n) is 8.96. The van der Waals surface area contributed by atoms with Gasteiger partial charge in [-0.05, 0) is 46.4 Å². The Hall–Kier alpha value is -4.13. The number of alkyl carbamates (subject to hydrolysis) is 1. The lowest BCUT2D eigenvalue weighted by Gasteiger charge is -2.22. The van der Waals surface area contributed by atoms with E-state index in [1.807, 2.05) is 38.1 Å². The van der Waals surface area contributed by atoms with E-state index in [4.69, 9.17) is 9.84 Å². The minimum Gasteiger partial charge on any atom is -0.478 e. The molecule has 0 bridgehead atoms. The smallest absolute Gasteiger partial charge is 0.407 e. The van der Waals surface area contributed by atoms with Crippen LogP contribution in [0.2, 0.25) is 0 Å². The van der Waals surface area contributed by atoms with E-state index in [9.17, 15) is 14.4 Å². The molecule has 1 aliphatic carbocycles. The van der Waals surface area contributed by atoms with Gasteiger partial charge in [-0.3, -0.25) is 4.79 Å². The van der Waals surface area contributed by atoms with Crippen molar-refractivity contribution in [2.24, 2.45) is 5.92 Å². The molecule has 0 saturated carbocycles. The van der Waals surface area contributed by atoms with Gasteiger partial charge in [0.15, 0.2) is 0 Å². The standard InChI is InChI=1S/C28H28N2O5/c1-17(2)25(15-26(31)29-19-9-7-8-18(14-19)27(32)33)30-28(34)35-16-24-22-12-5-3-10-20(22)21-11-4-6-13-23(21)24/h3-14,17,24-25H,15-16H2,1-2H3,(H,29,31)(H,30,34)(H,32,33)/t25-/m0/s1. The van der Waals surface area contributed by atoms with Gasteiger partial charge >= 0.3 is 12.1 Å². The number of rotatable bonds is 8. The number of ether oxygens (including phenoxy) is 1. The number of fused-ring (bicyclic) bond motifs is 3. The van der Waals surface area contributed by atoms with Crippen molar-refractivity contribution in [2.45, 2.75) is 32.2 Å². The number of aromatic carboxylic acids is 1. The zero-order valence-electron chi connectivity index (χ0n) is 19.7. The highest BCUT2D eigenvalue weighted by Crippen LogP contribution is 2.44. The molecular weight excluding hydrogens is 444 g/mol. The number of carboxylic acid groups (broad SMARTS) is 1. The molecule has 35 heavy (non-hydrogen) atoms. The van der Waals surface area contributed by atoms with Crippen LogP contribution < -0.4 is 10.6 Å². The van der Waals surface area contributed by atoms with Crippen LogP contribution in [0.25, 0.3) is 11.1 Å². The molecule has 0 radical (unpaired) electrons. The zero-order chi connectivity index (χ0) is 24.9. The van der Waals surface area contributed by atoms with E-state index < -0.39 is 18.1 Å². The first-order valence-electron chi connectivity index (χ1n) is 11.6. The molecule has 7 nitrogen and oxygen atoms in total. The molecule has 4 rings (SSSR count). The number of hydrogen-bond donors (Lipinski definition) is 3. The third-order valence-electron chi connectivity index (χ3n) is 6.25. The molecule has 2 amide bonds. The van der Waals surface area contributed by atoms with E-state index in [1.165, 1.54) is 12.1 Å². The fraction of sp³-hybridized carbons (Fsp3) is 0.250. The number of anilines is 1. The van der Waals surface area contributed by atoms with Crippen LogP contribution in [-0.4, -0.2) is 35.7 Å². The predicted octanol–water partition coefficient (Wildman–Crippen LogP) is 5.28. The molecule has 0 heterocycles. The maximum Gasteiger partial charge on any atom is 0.407 e. The maximum absolute atomic E-state index is 12.7. The Morgan fingerprint density at radius 3 is 2.14 bits per heavy atom. The van der Waals surface area contributed by atoms with Crippen LogP contribution in [-0.2, 0) is 9.53 Å². The van der Waals surface area contributed by atoms with Crippen molar-refractivity contribution in [3.8, 4) is 11.1 Å². The van der Waals surface area contributed by atoms with Gasteiger partial charge in [0.2, 0.25) is 5.91 Å². The number of carboxylic acids is 1. The minimum atomic E-state index is -1.07. The summed E-state index contributed by atoms with van der Waals surface area (Å²) in [6.07, 6.45) is -0.551. The summed E-state index contributed by atoms with van der Waals surface area (Å²) < 4.78 is 5.62. The largest absolute Gasteiger partial charge is 0.478 e. The van der Waals surface area contributed by atoms with Gasteiger partial charge in [0.25, 0.3) is 0 Å². The Balaban J connectivity index is 1.36. The lowest BCUT2D eigenvalue weighted by Crippen LogP contribution is -2.41. The van der Waals surface area contributed by atoms with Crippen molar-refractivity contribution in [3.63, 3.8) is 0 Å². The molecule has 3 aromatic carbocycles. The third kappa shape index (κ3) is 5.51. The van der Waals surface area contributed by atoms with Gasteiger partial charge in [-0.25, -0.2) is 9.59 Å². The van der Waals surface area contributed by atoms with Crippen LogP contribution in [0.15, 0.2) is 72.8 Å². The number of amides is 2. The Labute approximate surface area is 204 Å². The molecule has 0 saturated heterocycles. The van der Waals surface area contributed by atoms with Gasteiger partial charge in [-0.15, -0.1) is 0 Å². The molecule has 0 spiro atoms. The molecule has 7 heteroatoms.